The average Bonchev–Trinajstić information content (AvgIpc) is 3.39. The Hall–Kier alpha value is -2.85. The molecule has 180 valence electrons. The number of amides is 2. The minimum Gasteiger partial charge on any atom is -0.376 e. The molecule has 2 saturated heterocycles. The minimum atomic E-state index is -4.60. The van der Waals surface area contributed by atoms with Crippen LogP contribution in [0.1, 0.15) is 30.4 Å². The number of hydrogen-bond donors (Lipinski definition) is 1. The van der Waals surface area contributed by atoms with Crippen molar-refractivity contribution in [2.45, 2.75) is 43.7 Å². The molecule has 0 saturated carbocycles. The Balaban J connectivity index is 1.51. The van der Waals surface area contributed by atoms with E-state index < -0.39 is 22.9 Å². The summed E-state index contributed by atoms with van der Waals surface area (Å²) in [6.45, 7) is 2.92. The van der Waals surface area contributed by atoms with Gasteiger partial charge in [-0.15, -0.1) is 0 Å². The van der Waals surface area contributed by atoms with E-state index in [9.17, 15) is 22.8 Å². The van der Waals surface area contributed by atoms with Crippen LogP contribution in [0.4, 0.5) is 24.5 Å². The van der Waals surface area contributed by atoms with Gasteiger partial charge < -0.3 is 10.1 Å². The highest BCUT2D eigenvalue weighted by atomic mass is 32.2. The first-order chi connectivity index (χ1) is 16.2. The maximum Gasteiger partial charge on any atom is 0.418 e. The zero-order valence-electron chi connectivity index (χ0n) is 18.5. The van der Waals surface area contributed by atoms with Crippen LogP contribution >= 0.6 is 11.8 Å². The first-order valence-corrected chi connectivity index (χ1v) is 11.8. The topological polar surface area (TPSA) is 71.0 Å². The first-order valence-electron chi connectivity index (χ1n) is 10.9. The summed E-state index contributed by atoms with van der Waals surface area (Å²) < 4.78 is 45.4. The lowest BCUT2D eigenvalue weighted by Crippen LogP contribution is -2.38. The van der Waals surface area contributed by atoms with Crippen molar-refractivity contribution < 1.29 is 27.5 Å². The van der Waals surface area contributed by atoms with Gasteiger partial charge in [-0.05, 0) is 44.0 Å². The van der Waals surface area contributed by atoms with E-state index in [-0.39, 0.29) is 24.1 Å². The SMILES string of the molecule is Cc1ccc(N=C2SC(CC(=O)Nc3ccccc3C(F)(F)F)C(=O)N2CC2CCCO2)cc1. The molecule has 2 heterocycles. The molecular weight excluding hydrogens is 467 g/mol. The Labute approximate surface area is 199 Å². The number of rotatable bonds is 6. The Morgan fingerprint density at radius 3 is 2.62 bits per heavy atom. The van der Waals surface area contributed by atoms with Gasteiger partial charge >= 0.3 is 6.18 Å². The number of carbonyl (C=O) groups is 2. The predicted octanol–water partition coefficient (Wildman–Crippen LogP) is 5.15. The van der Waals surface area contributed by atoms with E-state index in [2.05, 4.69) is 10.3 Å². The summed E-state index contributed by atoms with van der Waals surface area (Å²) in [5.41, 5.74) is 0.474. The van der Waals surface area contributed by atoms with Crippen molar-refractivity contribution in [1.29, 1.82) is 0 Å². The number of nitrogens with one attached hydrogen (secondary N) is 1. The van der Waals surface area contributed by atoms with Gasteiger partial charge in [-0.2, -0.15) is 13.2 Å². The number of alkyl halides is 3. The van der Waals surface area contributed by atoms with Gasteiger partial charge in [0.2, 0.25) is 11.8 Å². The van der Waals surface area contributed by atoms with Crippen LogP contribution in [-0.2, 0) is 20.5 Å². The number of amidine groups is 1. The van der Waals surface area contributed by atoms with E-state index in [1.54, 1.807) is 0 Å². The highest BCUT2D eigenvalue weighted by Crippen LogP contribution is 2.36. The molecular formula is C24H24F3N3O3S. The molecule has 10 heteroatoms. The molecule has 0 radical (unpaired) electrons. The zero-order valence-corrected chi connectivity index (χ0v) is 19.3. The van der Waals surface area contributed by atoms with Crippen molar-refractivity contribution in [1.82, 2.24) is 4.90 Å². The molecule has 0 aromatic heterocycles. The van der Waals surface area contributed by atoms with Gasteiger partial charge in [0.1, 0.15) is 5.25 Å². The van der Waals surface area contributed by atoms with E-state index in [4.69, 9.17) is 4.74 Å². The molecule has 0 aliphatic carbocycles. The standard InChI is InChI=1S/C24H24F3N3O3S/c1-15-8-10-16(11-9-15)28-23-30(14-17-5-4-12-33-17)22(32)20(34-23)13-21(31)29-19-7-3-2-6-18(19)24(25,26)27/h2-3,6-11,17,20H,4-5,12-14H2,1H3,(H,29,31). The quantitative estimate of drug-likeness (QED) is 0.607. The van der Waals surface area contributed by atoms with Crippen molar-refractivity contribution in [3.63, 3.8) is 0 Å². The van der Waals surface area contributed by atoms with Crippen molar-refractivity contribution in [3.05, 3.63) is 59.7 Å². The van der Waals surface area contributed by atoms with Crippen molar-refractivity contribution >= 4 is 40.1 Å². The summed E-state index contributed by atoms with van der Waals surface area (Å²) in [5.74, 6) is -0.971. The third kappa shape index (κ3) is 5.79. The van der Waals surface area contributed by atoms with Gasteiger partial charge in [0, 0.05) is 13.0 Å². The number of carbonyl (C=O) groups excluding carboxylic acids is 2. The summed E-state index contributed by atoms with van der Waals surface area (Å²) in [6.07, 6.45) is -3.25. The summed E-state index contributed by atoms with van der Waals surface area (Å²) in [6, 6.07) is 12.3. The molecule has 4 rings (SSSR count). The largest absolute Gasteiger partial charge is 0.418 e. The maximum absolute atomic E-state index is 13.3. The molecule has 6 nitrogen and oxygen atoms in total. The fourth-order valence-corrected chi connectivity index (χ4v) is 4.99. The zero-order chi connectivity index (χ0) is 24.3. The summed E-state index contributed by atoms with van der Waals surface area (Å²) in [4.78, 5) is 31.9. The lowest BCUT2D eigenvalue weighted by atomic mass is 10.1. The van der Waals surface area contributed by atoms with Crippen LogP contribution in [0, 0.1) is 6.92 Å². The highest BCUT2D eigenvalue weighted by Gasteiger charge is 2.41. The van der Waals surface area contributed by atoms with Gasteiger partial charge in [-0.3, -0.25) is 14.5 Å². The van der Waals surface area contributed by atoms with E-state index >= 15 is 0 Å². The van der Waals surface area contributed by atoms with Crippen LogP contribution < -0.4 is 5.32 Å². The number of aliphatic imine (C=N–C) groups is 1. The van der Waals surface area contributed by atoms with Gasteiger partial charge in [0.05, 0.1) is 29.6 Å². The Morgan fingerprint density at radius 1 is 1.21 bits per heavy atom. The highest BCUT2D eigenvalue weighted by molar-refractivity contribution is 8.15. The molecule has 2 aromatic carbocycles. The number of para-hydroxylation sites is 1. The smallest absolute Gasteiger partial charge is 0.376 e. The van der Waals surface area contributed by atoms with E-state index in [1.165, 1.54) is 23.1 Å². The molecule has 2 aromatic rings. The fraction of sp³-hybridized carbons (Fsp3) is 0.375. The van der Waals surface area contributed by atoms with Crippen molar-refractivity contribution in [2.75, 3.05) is 18.5 Å². The van der Waals surface area contributed by atoms with E-state index in [1.807, 2.05) is 31.2 Å². The van der Waals surface area contributed by atoms with Gasteiger partial charge in [-0.25, -0.2) is 4.99 Å². The van der Waals surface area contributed by atoms with E-state index in [0.29, 0.717) is 24.0 Å². The number of hydrogen-bond acceptors (Lipinski definition) is 5. The van der Waals surface area contributed by atoms with Crippen LogP contribution in [0.2, 0.25) is 0 Å². The maximum atomic E-state index is 13.3. The summed E-state index contributed by atoms with van der Waals surface area (Å²) in [7, 11) is 0. The molecule has 0 spiro atoms. The number of anilines is 1. The predicted molar refractivity (Wildman–Crippen MR) is 125 cm³/mol. The first kappa shape index (κ1) is 24.3. The number of halogens is 3. The van der Waals surface area contributed by atoms with Gasteiger partial charge in [-0.1, -0.05) is 41.6 Å². The molecule has 2 aliphatic heterocycles. The molecule has 2 amide bonds. The molecule has 1 N–H and O–H groups in total. The Bertz CT molecular complexity index is 1080. The second-order valence-electron chi connectivity index (χ2n) is 8.22. The third-order valence-corrected chi connectivity index (χ3v) is 6.74. The Kier molecular flexibility index (Phi) is 7.27. The number of thioether (sulfide) groups is 1. The number of ether oxygens (including phenoxy) is 1. The molecule has 2 fully saturated rings. The normalized spacial score (nSPS) is 21.9. The van der Waals surface area contributed by atoms with Crippen LogP contribution in [0.3, 0.4) is 0 Å². The number of aryl methyl sites for hydroxylation is 1. The van der Waals surface area contributed by atoms with Crippen LogP contribution in [0.5, 0.6) is 0 Å². The lowest BCUT2D eigenvalue weighted by Gasteiger charge is -2.20. The second kappa shape index (κ2) is 10.2. The van der Waals surface area contributed by atoms with Gasteiger partial charge in [0.25, 0.3) is 0 Å². The van der Waals surface area contributed by atoms with E-state index in [0.717, 1.165) is 36.2 Å². The van der Waals surface area contributed by atoms with Crippen molar-refractivity contribution in [3.8, 4) is 0 Å². The van der Waals surface area contributed by atoms with Gasteiger partial charge in [0.15, 0.2) is 5.17 Å². The Morgan fingerprint density at radius 2 is 1.94 bits per heavy atom. The summed E-state index contributed by atoms with van der Waals surface area (Å²) in [5, 5.41) is 1.98. The molecule has 2 aliphatic rings. The van der Waals surface area contributed by atoms with Crippen LogP contribution in [0.25, 0.3) is 0 Å². The molecule has 34 heavy (non-hydrogen) atoms. The minimum absolute atomic E-state index is 0.112. The molecule has 2 unspecified atom stereocenters. The molecule has 0 bridgehead atoms. The van der Waals surface area contributed by atoms with Crippen LogP contribution in [0.15, 0.2) is 53.5 Å². The van der Waals surface area contributed by atoms with Crippen LogP contribution in [-0.4, -0.2) is 46.4 Å². The average molecular weight is 492 g/mol. The number of nitrogens with zero attached hydrogens (tertiary/aromatic N) is 2. The fourth-order valence-electron chi connectivity index (χ4n) is 3.82. The number of benzene rings is 2. The molecule has 2 atom stereocenters. The third-order valence-electron chi connectivity index (χ3n) is 5.57. The van der Waals surface area contributed by atoms with Crippen molar-refractivity contribution in [2.24, 2.45) is 4.99 Å². The second-order valence-corrected chi connectivity index (χ2v) is 9.39. The lowest BCUT2D eigenvalue weighted by molar-refractivity contribution is -0.137. The monoisotopic (exact) mass is 491 g/mol. The summed E-state index contributed by atoms with van der Waals surface area (Å²) >= 11 is 1.15.